The van der Waals surface area contributed by atoms with Gasteiger partial charge in [0, 0.05) is 16.4 Å². The molecule has 0 atom stereocenters. The van der Waals surface area contributed by atoms with E-state index in [9.17, 15) is 13.2 Å². The Hall–Kier alpha value is -2.85. The molecule has 1 amide bonds. The van der Waals surface area contributed by atoms with Crippen molar-refractivity contribution in [2.75, 3.05) is 6.26 Å². The van der Waals surface area contributed by atoms with Gasteiger partial charge in [0.15, 0.2) is 0 Å². The zero-order valence-corrected chi connectivity index (χ0v) is 24.3. The van der Waals surface area contributed by atoms with Crippen molar-refractivity contribution in [2.45, 2.75) is 39.7 Å². The first-order chi connectivity index (χ1) is 18.0. The standard InChI is InChI=1S/C27H26Cl2N2O5S2/c1-5-16-13-17(9-10-18(16)22-11-12-23(37-22)27(32)31-38(4,33)34)35-14-19-25(30-36-26(19)15(2)3)24-20(28)7-6-8-21(24)29/h6-13,15H,5,14H2,1-4H3,(H,31,32). The molecule has 11 heteroatoms. The number of amides is 1. The highest BCUT2D eigenvalue weighted by Crippen LogP contribution is 2.39. The second-order valence-corrected chi connectivity index (χ2v) is 12.6. The third kappa shape index (κ3) is 6.23. The number of nitrogens with one attached hydrogen (secondary N) is 1. The number of aryl methyl sites for hydroxylation is 1. The fourth-order valence-corrected chi connectivity index (χ4v) is 6.06. The van der Waals surface area contributed by atoms with Crippen molar-refractivity contribution >= 4 is 50.5 Å². The molecular weight excluding hydrogens is 567 g/mol. The van der Waals surface area contributed by atoms with Crippen molar-refractivity contribution in [1.82, 2.24) is 9.88 Å². The summed E-state index contributed by atoms with van der Waals surface area (Å²) in [7, 11) is -3.64. The Bertz CT molecular complexity index is 1570. The van der Waals surface area contributed by atoms with Gasteiger partial charge in [-0.05, 0) is 60.0 Å². The maximum absolute atomic E-state index is 12.2. The summed E-state index contributed by atoms with van der Waals surface area (Å²) in [6.07, 6.45) is 1.67. The first kappa shape index (κ1) is 28.2. The number of sulfonamides is 1. The van der Waals surface area contributed by atoms with Crippen LogP contribution in [0, 0.1) is 0 Å². The minimum absolute atomic E-state index is 0.0672. The number of hydrogen-bond donors (Lipinski definition) is 1. The molecule has 200 valence electrons. The smallest absolute Gasteiger partial charge is 0.274 e. The van der Waals surface area contributed by atoms with E-state index in [0.717, 1.165) is 34.2 Å². The van der Waals surface area contributed by atoms with Crippen LogP contribution in [0.5, 0.6) is 5.75 Å². The fourth-order valence-electron chi connectivity index (χ4n) is 4.01. The van der Waals surface area contributed by atoms with E-state index in [4.69, 9.17) is 32.5 Å². The lowest BCUT2D eigenvalue weighted by Crippen LogP contribution is -2.28. The second-order valence-electron chi connectivity index (χ2n) is 8.95. The van der Waals surface area contributed by atoms with Crippen molar-refractivity contribution in [3.8, 4) is 27.4 Å². The molecule has 2 aromatic heterocycles. The molecule has 0 saturated heterocycles. The Morgan fingerprint density at radius 1 is 1.13 bits per heavy atom. The van der Waals surface area contributed by atoms with E-state index in [-0.39, 0.29) is 12.5 Å². The third-order valence-corrected chi connectivity index (χ3v) is 8.06. The third-order valence-electron chi connectivity index (χ3n) is 5.76. The van der Waals surface area contributed by atoms with Crippen LogP contribution in [0.2, 0.25) is 10.0 Å². The van der Waals surface area contributed by atoms with Crippen molar-refractivity contribution in [1.29, 1.82) is 0 Å². The average Bonchev–Trinajstić information content (AvgIpc) is 3.49. The quantitative estimate of drug-likeness (QED) is 0.218. The van der Waals surface area contributed by atoms with Gasteiger partial charge in [-0.25, -0.2) is 13.1 Å². The molecule has 4 rings (SSSR count). The highest BCUT2D eigenvalue weighted by atomic mass is 35.5. The lowest BCUT2D eigenvalue weighted by atomic mass is 10.0. The predicted octanol–water partition coefficient (Wildman–Crippen LogP) is 7.33. The molecule has 2 aromatic carbocycles. The van der Waals surface area contributed by atoms with Gasteiger partial charge >= 0.3 is 0 Å². The van der Waals surface area contributed by atoms with Crippen LogP contribution in [0.15, 0.2) is 53.1 Å². The summed E-state index contributed by atoms with van der Waals surface area (Å²) in [5.74, 6) is 0.773. The molecule has 0 aliphatic heterocycles. The summed E-state index contributed by atoms with van der Waals surface area (Å²) in [4.78, 5) is 13.4. The fraction of sp³-hybridized carbons (Fsp3) is 0.259. The largest absolute Gasteiger partial charge is 0.489 e. The number of nitrogens with zero attached hydrogens (tertiary/aromatic N) is 1. The van der Waals surface area contributed by atoms with E-state index < -0.39 is 15.9 Å². The number of hydrogen-bond acceptors (Lipinski definition) is 7. The lowest BCUT2D eigenvalue weighted by molar-refractivity contribution is 0.0985. The summed E-state index contributed by atoms with van der Waals surface area (Å²) >= 11 is 14.1. The summed E-state index contributed by atoms with van der Waals surface area (Å²) in [6.45, 7) is 6.25. The van der Waals surface area contributed by atoms with Crippen LogP contribution in [-0.4, -0.2) is 25.7 Å². The van der Waals surface area contributed by atoms with Gasteiger partial charge < -0.3 is 9.26 Å². The Kier molecular flexibility index (Phi) is 8.52. The van der Waals surface area contributed by atoms with Crippen LogP contribution in [0.4, 0.5) is 0 Å². The number of rotatable bonds is 9. The van der Waals surface area contributed by atoms with Crippen LogP contribution in [0.1, 0.15) is 53.2 Å². The van der Waals surface area contributed by atoms with Gasteiger partial charge in [0.1, 0.15) is 23.8 Å². The van der Waals surface area contributed by atoms with E-state index >= 15 is 0 Å². The highest BCUT2D eigenvalue weighted by Gasteiger charge is 2.24. The lowest BCUT2D eigenvalue weighted by Gasteiger charge is -2.13. The average molecular weight is 594 g/mol. The molecule has 4 aromatic rings. The number of benzene rings is 2. The highest BCUT2D eigenvalue weighted by molar-refractivity contribution is 7.89. The summed E-state index contributed by atoms with van der Waals surface area (Å²) in [5, 5.41) is 5.22. The zero-order chi connectivity index (χ0) is 27.6. The molecule has 0 spiro atoms. The molecule has 2 heterocycles. The van der Waals surface area contributed by atoms with E-state index in [0.29, 0.717) is 37.7 Å². The van der Waals surface area contributed by atoms with E-state index in [1.54, 1.807) is 24.3 Å². The normalized spacial score (nSPS) is 11.7. The number of aromatic nitrogens is 1. The Labute approximate surface area is 235 Å². The van der Waals surface area contributed by atoms with E-state index in [2.05, 4.69) is 5.16 Å². The minimum Gasteiger partial charge on any atom is -0.489 e. The molecule has 38 heavy (non-hydrogen) atoms. The van der Waals surface area contributed by atoms with Gasteiger partial charge in [-0.3, -0.25) is 4.79 Å². The van der Waals surface area contributed by atoms with Crippen LogP contribution in [0.25, 0.3) is 21.7 Å². The number of ether oxygens (including phenoxy) is 1. The molecule has 0 bridgehead atoms. The first-order valence-corrected chi connectivity index (χ1v) is 15.3. The van der Waals surface area contributed by atoms with Gasteiger partial charge in [0.05, 0.1) is 26.7 Å². The molecule has 7 nitrogen and oxygen atoms in total. The van der Waals surface area contributed by atoms with Gasteiger partial charge in [-0.2, -0.15) is 0 Å². The van der Waals surface area contributed by atoms with Gasteiger partial charge in [-0.15, -0.1) is 11.3 Å². The number of carbonyl (C=O) groups is 1. The predicted molar refractivity (Wildman–Crippen MR) is 152 cm³/mol. The van der Waals surface area contributed by atoms with Gasteiger partial charge in [0.2, 0.25) is 10.0 Å². The van der Waals surface area contributed by atoms with Crippen LogP contribution in [-0.2, 0) is 23.1 Å². The maximum atomic E-state index is 12.2. The van der Waals surface area contributed by atoms with Crippen molar-refractivity contribution in [3.05, 3.63) is 80.3 Å². The topological polar surface area (TPSA) is 98.5 Å². The molecule has 0 radical (unpaired) electrons. The van der Waals surface area contributed by atoms with Crippen molar-refractivity contribution in [3.63, 3.8) is 0 Å². The number of thiophene rings is 1. The minimum atomic E-state index is -3.64. The molecule has 1 N–H and O–H groups in total. The number of halogens is 2. The van der Waals surface area contributed by atoms with Crippen molar-refractivity contribution < 1.29 is 22.5 Å². The molecule has 0 aliphatic carbocycles. The Morgan fingerprint density at radius 2 is 1.84 bits per heavy atom. The molecule has 0 unspecified atom stereocenters. The van der Waals surface area contributed by atoms with Crippen LogP contribution in [0.3, 0.4) is 0 Å². The van der Waals surface area contributed by atoms with E-state index in [1.165, 1.54) is 11.3 Å². The van der Waals surface area contributed by atoms with E-state index in [1.807, 2.05) is 49.8 Å². The zero-order valence-electron chi connectivity index (χ0n) is 21.2. The van der Waals surface area contributed by atoms with Crippen LogP contribution < -0.4 is 9.46 Å². The number of carbonyl (C=O) groups excluding carboxylic acids is 1. The van der Waals surface area contributed by atoms with Gasteiger partial charge in [0.25, 0.3) is 5.91 Å². The van der Waals surface area contributed by atoms with Crippen LogP contribution >= 0.6 is 34.5 Å². The Morgan fingerprint density at radius 3 is 2.47 bits per heavy atom. The second kappa shape index (κ2) is 11.5. The molecule has 0 fully saturated rings. The summed E-state index contributed by atoms with van der Waals surface area (Å²) in [5.41, 5.74) is 3.89. The first-order valence-electron chi connectivity index (χ1n) is 11.8. The SMILES string of the molecule is CCc1cc(OCc2c(-c3c(Cl)cccc3Cl)noc2C(C)C)ccc1-c1ccc(C(=O)NS(C)(=O)=O)s1. The molecular formula is C27H26Cl2N2O5S2. The molecule has 0 saturated carbocycles. The summed E-state index contributed by atoms with van der Waals surface area (Å²) in [6, 6.07) is 14.4. The van der Waals surface area contributed by atoms with Crippen molar-refractivity contribution in [2.24, 2.45) is 0 Å². The monoisotopic (exact) mass is 592 g/mol. The molecule has 0 aliphatic rings. The maximum Gasteiger partial charge on any atom is 0.274 e. The summed E-state index contributed by atoms with van der Waals surface area (Å²) < 4.78 is 36.7. The Balaban J connectivity index is 1.60. The van der Waals surface area contributed by atoms with Gasteiger partial charge in [-0.1, -0.05) is 55.2 Å².